The molecule has 0 aliphatic heterocycles. The Labute approximate surface area is 345 Å². The Morgan fingerprint density at radius 3 is 0.655 bits per heavy atom. The SMILES string of the molecule is CC(C)c1cc(C(=C(c2ccccc2)c2ccccc2)c2ccccc2)ccc1-c1ccc(C(=C(c2ccccc2)c2ccccc2)c2ccccc2)cc1C(C)C. The van der Waals surface area contributed by atoms with Gasteiger partial charge in [0.05, 0.1) is 0 Å². The summed E-state index contributed by atoms with van der Waals surface area (Å²) in [6.07, 6.45) is 0. The summed E-state index contributed by atoms with van der Waals surface area (Å²) in [6, 6.07) is 79.6. The van der Waals surface area contributed by atoms with Crippen molar-refractivity contribution in [2.24, 2.45) is 0 Å². The topological polar surface area (TPSA) is 0 Å². The van der Waals surface area contributed by atoms with Crippen LogP contribution in [0.3, 0.4) is 0 Å². The molecule has 8 rings (SSSR count). The van der Waals surface area contributed by atoms with Gasteiger partial charge in [0.25, 0.3) is 0 Å². The molecule has 0 heterocycles. The maximum absolute atomic E-state index is 2.46. The molecule has 0 heteroatoms. The number of hydrogen-bond acceptors (Lipinski definition) is 0. The predicted molar refractivity (Wildman–Crippen MR) is 249 cm³/mol. The third kappa shape index (κ3) is 8.06. The maximum atomic E-state index is 2.46. The van der Waals surface area contributed by atoms with Crippen LogP contribution >= 0.6 is 0 Å². The molecule has 0 fully saturated rings. The molecule has 8 aromatic rings. The molecule has 0 aliphatic rings. The van der Waals surface area contributed by atoms with Crippen molar-refractivity contribution in [3.8, 4) is 11.1 Å². The summed E-state index contributed by atoms with van der Waals surface area (Å²) in [5.74, 6) is 0.595. The summed E-state index contributed by atoms with van der Waals surface area (Å²) < 4.78 is 0. The largest absolute Gasteiger partial charge is 0.0622 e. The molecule has 282 valence electrons. The first-order valence-corrected chi connectivity index (χ1v) is 20.6. The van der Waals surface area contributed by atoms with Gasteiger partial charge in [0, 0.05) is 0 Å². The molecule has 0 aromatic heterocycles. The zero-order valence-electron chi connectivity index (χ0n) is 33.9. The molecular weight excluding hydrogens is 697 g/mol. The minimum absolute atomic E-state index is 0.297. The highest BCUT2D eigenvalue weighted by molar-refractivity contribution is 6.06. The van der Waals surface area contributed by atoms with Crippen molar-refractivity contribution in [2.75, 3.05) is 0 Å². The van der Waals surface area contributed by atoms with E-state index in [0.29, 0.717) is 11.8 Å². The van der Waals surface area contributed by atoms with Crippen molar-refractivity contribution >= 4 is 22.3 Å². The number of benzene rings is 8. The van der Waals surface area contributed by atoms with Crippen LogP contribution < -0.4 is 0 Å². The Bertz CT molecular complexity index is 2380. The van der Waals surface area contributed by atoms with Gasteiger partial charge in [-0.1, -0.05) is 246 Å². The summed E-state index contributed by atoms with van der Waals surface area (Å²) in [5.41, 5.74) is 19.8. The molecule has 0 radical (unpaired) electrons. The zero-order valence-corrected chi connectivity index (χ0v) is 33.9. The summed E-state index contributed by atoms with van der Waals surface area (Å²) >= 11 is 0. The van der Waals surface area contributed by atoms with E-state index in [9.17, 15) is 0 Å². The highest BCUT2D eigenvalue weighted by Crippen LogP contribution is 2.43. The van der Waals surface area contributed by atoms with E-state index in [2.05, 4.69) is 246 Å². The molecule has 0 atom stereocenters. The second-order valence-electron chi connectivity index (χ2n) is 15.6. The second-order valence-corrected chi connectivity index (χ2v) is 15.6. The van der Waals surface area contributed by atoms with Crippen LogP contribution in [0.5, 0.6) is 0 Å². The fraction of sp³-hybridized carbons (Fsp3) is 0.103. The summed E-state index contributed by atoms with van der Waals surface area (Å²) in [6.45, 7) is 9.32. The van der Waals surface area contributed by atoms with Crippen molar-refractivity contribution in [1.29, 1.82) is 0 Å². The molecule has 0 bridgehead atoms. The minimum atomic E-state index is 0.297. The van der Waals surface area contributed by atoms with Gasteiger partial charge in [0.15, 0.2) is 0 Å². The van der Waals surface area contributed by atoms with E-state index in [-0.39, 0.29) is 0 Å². The van der Waals surface area contributed by atoms with E-state index in [1.807, 2.05) is 0 Å². The molecule has 0 nitrogen and oxygen atoms in total. The van der Waals surface area contributed by atoms with E-state index >= 15 is 0 Å². The molecule has 0 spiro atoms. The lowest BCUT2D eigenvalue weighted by Gasteiger charge is -2.24. The molecular formula is C58H50. The van der Waals surface area contributed by atoms with E-state index in [1.54, 1.807) is 0 Å². The second kappa shape index (κ2) is 17.6. The fourth-order valence-electron chi connectivity index (χ4n) is 8.33. The Kier molecular flexibility index (Phi) is 11.6. The van der Waals surface area contributed by atoms with E-state index in [4.69, 9.17) is 0 Å². The smallest absolute Gasteiger partial charge is 0.00267 e. The van der Waals surface area contributed by atoms with Crippen LogP contribution in [0.25, 0.3) is 33.4 Å². The first kappa shape index (κ1) is 38.1. The maximum Gasteiger partial charge on any atom is -0.00267 e. The Balaban J connectivity index is 1.35. The Morgan fingerprint density at radius 1 is 0.241 bits per heavy atom. The zero-order chi connectivity index (χ0) is 39.8. The third-order valence-electron chi connectivity index (χ3n) is 11.1. The fourth-order valence-corrected chi connectivity index (χ4v) is 8.33. The average molecular weight is 747 g/mol. The van der Waals surface area contributed by atoms with Crippen LogP contribution in [-0.2, 0) is 0 Å². The Morgan fingerprint density at radius 2 is 0.448 bits per heavy atom. The summed E-state index contributed by atoms with van der Waals surface area (Å²) in [7, 11) is 0. The molecule has 0 saturated heterocycles. The monoisotopic (exact) mass is 746 g/mol. The van der Waals surface area contributed by atoms with Gasteiger partial charge in [-0.2, -0.15) is 0 Å². The molecule has 0 unspecified atom stereocenters. The van der Waals surface area contributed by atoms with Crippen LogP contribution in [0.1, 0.15) is 95.2 Å². The molecule has 0 amide bonds. The van der Waals surface area contributed by atoms with Gasteiger partial charge in [-0.3, -0.25) is 0 Å². The molecule has 0 saturated carbocycles. The van der Waals surface area contributed by atoms with Crippen LogP contribution in [0, 0.1) is 0 Å². The molecule has 58 heavy (non-hydrogen) atoms. The van der Waals surface area contributed by atoms with Crippen LogP contribution in [0.15, 0.2) is 218 Å². The first-order chi connectivity index (χ1) is 28.5. The third-order valence-corrected chi connectivity index (χ3v) is 11.1. The summed E-state index contributed by atoms with van der Waals surface area (Å²) in [5, 5.41) is 0. The van der Waals surface area contributed by atoms with Crippen molar-refractivity contribution in [2.45, 2.75) is 39.5 Å². The highest BCUT2D eigenvalue weighted by atomic mass is 14.3. The molecule has 0 N–H and O–H groups in total. The van der Waals surface area contributed by atoms with Crippen LogP contribution in [-0.4, -0.2) is 0 Å². The van der Waals surface area contributed by atoms with Crippen LogP contribution in [0.4, 0.5) is 0 Å². The van der Waals surface area contributed by atoms with Gasteiger partial charge in [-0.25, -0.2) is 0 Å². The first-order valence-electron chi connectivity index (χ1n) is 20.6. The highest BCUT2D eigenvalue weighted by Gasteiger charge is 2.22. The molecule has 8 aromatic carbocycles. The van der Waals surface area contributed by atoms with Gasteiger partial charge in [-0.15, -0.1) is 0 Å². The van der Waals surface area contributed by atoms with Gasteiger partial charge in [0.1, 0.15) is 0 Å². The number of rotatable bonds is 11. The van der Waals surface area contributed by atoms with Crippen molar-refractivity contribution in [1.82, 2.24) is 0 Å². The van der Waals surface area contributed by atoms with Crippen molar-refractivity contribution in [3.63, 3.8) is 0 Å². The van der Waals surface area contributed by atoms with Crippen molar-refractivity contribution < 1.29 is 0 Å². The van der Waals surface area contributed by atoms with Gasteiger partial charge < -0.3 is 0 Å². The lowest BCUT2D eigenvalue weighted by Crippen LogP contribution is -2.03. The quantitative estimate of drug-likeness (QED) is 0.116. The predicted octanol–water partition coefficient (Wildman–Crippen LogP) is 15.6. The van der Waals surface area contributed by atoms with Crippen molar-refractivity contribution in [3.05, 3.63) is 274 Å². The van der Waals surface area contributed by atoms with E-state index in [1.165, 1.54) is 89.1 Å². The van der Waals surface area contributed by atoms with E-state index in [0.717, 1.165) is 0 Å². The van der Waals surface area contributed by atoms with Gasteiger partial charge in [-0.05, 0) is 101 Å². The Hall–Kier alpha value is -6.76. The van der Waals surface area contributed by atoms with Gasteiger partial charge >= 0.3 is 0 Å². The van der Waals surface area contributed by atoms with E-state index < -0.39 is 0 Å². The molecule has 0 aliphatic carbocycles. The normalized spacial score (nSPS) is 11.1. The average Bonchev–Trinajstić information content (AvgIpc) is 3.28. The summed E-state index contributed by atoms with van der Waals surface area (Å²) in [4.78, 5) is 0. The lowest BCUT2D eigenvalue weighted by atomic mass is 9.80. The minimum Gasteiger partial charge on any atom is -0.0622 e. The number of hydrogen-bond donors (Lipinski definition) is 0. The van der Waals surface area contributed by atoms with Crippen LogP contribution in [0.2, 0.25) is 0 Å². The lowest BCUT2D eigenvalue weighted by molar-refractivity contribution is 0.856. The standard InChI is InChI=1S/C58H50/c1-41(2)53-39-49(57(47-31-19-9-20-32-47)55(43-23-11-5-12-24-43)44-25-13-6-14-26-44)35-37-51(53)52-38-36-50(40-54(52)42(3)4)58(48-33-21-10-22-34-48)56(45-27-15-7-16-28-45)46-29-17-8-18-30-46/h5-42H,1-4H3. The van der Waals surface area contributed by atoms with Gasteiger partial charge in [0.2, 0.25) is 0 Å².